The average molecular weight is 522 g/mol. The second kappa shape index (κ2) is 9.26. The number of likely N-dealkylation sites (tertiary alicyclic amines) is 1. The molecule has 1 fully saturated rings. The van der Waals surface area contributed by atoms with Gasteiger partial charge < -0.3 is 10.2 Å². The molecule has 0 spiro atoms. The Kier molecular flexibility index (Phi) is 6.94. The van der Waals surface area contributed by atoms with Gasteiger partial charge in [-0.15, -0.1) is 11.3 Å². The molecule has 0 unspecified atom stereocenters. The van der Waals surface area contributed by atoms with E-state index in [1.54, 1.807) is 6.07 Å². The van der Waals surface area contributed by atoms with Crippen molar-refractivity contribution in [2.24, 2.45) is 0 Å². The van der Waals surface area contributed by atoms with E-state index in [0.29, 0.717) is 15.5 Å². The molecule has 1 aliphatic rings. The van der Waals surface area contributed by atoms with Gasteiger partial charge in [0, 0.05) is 18.2 Å². The summed E-state index contributed by atoms with van der Waals surface area (Å²) in [7, 11) is -5.46. The lowest BCUT2D eigenvalue weighted by molar-refractivity contribution is -0.131. The number of amides is 2. The van der Waals surface area contributed by atoms with Gasteiger partial charge in [-0.3, -0.25) is 9.59 Å². The molecule has 2 amide bonds. The van der Waals surface area contributed by atoms with Gasteiger partial charge in [0.25, 0.3) is 21.7 Å². The van der Waals surface area contributed by atoms with Crippen LogP contribution >= 0.6 is 11.3 Å². The van der Waals surface area contributed by atoms with Gasteiger partial charge in [-0.1, -0.05) is 12.1 Å². The molecule has 2 heterocycles. The molecular formula is C19H15F5N4O4S2. The highest BCUT2D eigenvalue weighted by Gasteiger charge is 2.47. The Bertz CT molecular complexity index is 1240. The minimum absolute atomic E-state index is 0.0762. The molecule has 3 rings (SSSR count). The minimum atomic E-state index is -5.46. The van der Waals surface area contributed by atoms with Gasteiger partial charge in [0.2, 0.25) is 5.91 Å². The maximum absolute atomic E-state index is 13.4. The molecule has 8 nitrogen and oxygen atoms in total. The van der Waals surface area contributed by atoms with E-state index in [9.17, 15) is 40.0 Å². The van der Waals surface area contributed by atoms with Crippen LogP contribution in [-0.2, 0) is 21.1 Å². The molecular weight excluding hydrogens is 507 g/mol. The lowest BCUT2D eigenvalue weighted by atomic mass is 10.2. The molecule has 1 aromatic heterocycles. The predicted molar refractivity (Wildman–Crippen MR) is 108 cm³/mol. The number of nitriles is 1. The van der Waals surface area contributed by atoms with Crippen molar-refractivity contribution in [3.63, 3.8) is 0 Å². The van der Waals surface area contributed by atoms with Crippen molar-refractivity contribution in [3.05, 3.63) is 45.9 Å². The molecule has 1 N–H and O–H groups in total. The van der Waals surface area contributed by atoms with Crippen LogP contribution in [0.15, 0.2) is 34.5 Å². The van der Waals surface area contributed by atoms with Crippen LogP contribution in [0, 0.1) is 11.3 Å². The third-order valence-corrected chi connectivity index (χ3v) is 7.17. The fraction of sp³-hybridized carbons (Fsp3) is 0.368. The number of alkyl halides is 5. The summed E-state index contributed by atoms with van der Waals surface area (Å²) in [6.45, 7) is -1.53. The van der Waals surface area contributed by atoms with Crippen LogP contribution in [0.5, 0.6) is 0 Å². The Balaban J connectivity index is 1.59. The van der Waals surface area contributed by atoms with Crippen molar-refractivity contribution in [1.29, 1.82) is 5.26 Å². The van der Waals surface area contributed by atoms with Crippen molar-refractivity contribution < 1.29 is 40.0 Å². The standard InChI is InChI=1S/C19H15F5N4O4S2/c20-18(21)6-12(7-25)28(10-18)16(29)8-26-17(30)14-9-33-15(27-14)5-11-1-3-13(4-2-11)34(31,32)19(22,23)24/h1-4,9,12H,5-6,8,10H2,(H,26,30)/t12-/m0/s1. The first-order valence-corrected chi connectivity index (χ1v) is 11.8. The summed E-state index contributed by atoms with van der Waals surface area (Å²) in [6.07, 6.45) is -0.683. The SMILES string of the molecule is N#C[C@@H]1CC(F)(F)CN1C(=O)CNC(=O)c1csc(Cc2ccc(S(=O)(=O)C(F)(F)F)cc2)n1. The molecule has 1 atom stereocenters. The highest BCUT2D eigenvalue weighted by Crippen LogP contribution is 2.32. The van der Waals surface area contributed by atoms with Gasteiger partial charge in [0.15, 0.2) is 0 Å². The number of benzene rings is 1. The number of halogens is 5. The van der Waals surface area contributed by atoms with E-state index in [0.717, 1.165) is 23.5 Å². The average Bonchev–Trinajstić information content (AvgIpc) is 3.34. The van der Waals surface area contributed by atoms with Crippen molar-refractivity contribution in [3.8, 4) is 6.07 Å². The zero-order valence-electron chi connectivity index (χ0n) is 17.0. The zero-order chi connectivity index (χ0) is 25.3. The molecule has 15 heteroatoms. The van der Waals surface area contributed by atoms with E-state index < -0.39 is 63.5 Å². The van der Waals surface area contributed by atoms with Crippen molar-refractivity contribution in [2.75, 3.05) is 13.1 Å². The number of rotatable bonds is 6. The van der Waals surface area contributed by atoms with Gasteiger partial charge >= 0.3 is 5.51 Å². The molecule has 0 saturated carbocycles. The van der Waals surface area contributed by atoms with Crippen LogP contribution in [0.1, 0.15) is 27.5 Å². The Morgan fingerprint density at radius 1 is 1.26 bits per heavy atom. The van der Waals surface area contributed by atoms with Crippen molar-refractivity contribution in [1.82, 2.24) is 15.2 Å². The van der Waals surface area contributed by atoms with E-state index in [1.807, 2.05) is 0 Å². The van der Waals surface area contributed by atoms with E-state index >= 15 is 0 Å². The fourth-order valence-electron chi connectivity index (χ4n) is 3.13. The van der Waals surface area contributed by atoms with Crippen molar-refractivity contribution >= 4 is 33.0 Å². The Hall–Kier alpha value is -3.12. The topological polar surface area (TPSA) is 120 Å². The number of aromatic nitrogens is 1. The Morgan fingerprint density at radius 3 is 2.50 bits per heavy atom. The number of carbonyl (C=O) groups excluding carboxylic acids is 2. The molecule has 182 valence electrons. The second-order valence-corrected chi connectivity index (χ2v) is 10.2. The molecule has 2 aromatic rings. The molecule has 0 radical (unpaired) electrons. The van der Waals surface area contributed by atoms with Gasteiger partial charge in [0.05, 0.1) is 29.1 Å². The molecule has 34 heavy (non-hydrogen) atoms. The van der Waals surface area contributed by atoms with Crippen LogP contribution in [0.3, 0.4) is 0 Å². The number of hydrogen-bond acceptors (Lipinski definition) is 7. The second-order valence-electron chi connectivity index (χ2n) is 7.31. The number of nitrogens with zero attached hydrogens (tertiary/aromatic N) is 3. The van der Waals surface area contributed by atoms with Gasteiger partial charge in [-0.25, -0.2) is 22.2 Å². The monoisotopic (exact) mass is 522 g/mol. The molecule has 1 aromatic carbocycles. The smallest absolute Gasteiger partial charge is 0.342 e. The first-order valence-electron chi connectivity index (χ1n) is 9.43. The molecule has 0 aliphatic carbocycles. The number of nitrogens with one attached hydrogen (secondary N) is 1. The Morgan fingerprint density at radius 2 is 1.91 bits per heavy atom. The normalized spacial score (nSPS) is 17.9. The lowest BCUT2D eigenvalue weighted by Crippen LogP contribution is -2.43. The van der Waals surface area contributed by atoms with E-state index in [4.69, 9.17) is 5.26 Å². The van der Waals surface area contributed by atoms with Crippen LogP contribution in [0.25, 0.3) is 0 Å². The first kappa shape index (κ1) is 25.5. The summed E-state index contributed by atoms with van der Waals surface area (Å²) < 4.78 is 87.5. The first-order chi connectivity index (χ1) is 15.7. The molecule has 1 saturated heterocycles. The van der Waals surface area contributed by atoms with Gasteiger partial charge in [0.1, 0.15) is 11.7 Å². The van der Waals surface area contributed by atoms with Crippen molar-refractivity contribution in [2.45, 2.75) is 35.2 Å². The summed E-state index contributed by atoms with van der Waals surface area (Å²) in [6, 6.07) is 4.36. The zero-order valence-corrected chi connectivity index (χ0v) is 18.6. The number of carbonyl (C=O) groups is 2. The van der Waals surface area contributed by atoms with Crippen LogP contribution in [-0.4, -0.2) is 60.7 Å². The van der Waals surface area contributed by atoms with Crippen LogP contribution < -0.4 is 5.32 Å². The van der Waals surface area contributed by atoms with Gasteiger partial charge in [-0.05, 0) is 17.7 Å². The predicted octanol–water partition coefficient (Wildman–Crippen LogP) is 2.52. The summed E-state index contributed by atoms with van der Waals surface area (Å²) >= 11 is 1.04. The van der Waals surface area contributed by atoms with E-state index in [-0.39, 0.29) is 12.1 Å². The van der Waals surface area contributed by atoms with Crippen LogP contribution in [0.4, 0.5) is 22.0 Å². The number of thiazole rings is 1. The van der Waals surface area contributed by atoms with Gasteiger partial charge in [-0.2, -0.15) is 18.4 Å². The summed E-state index contributed by atoms with van der Waals surface area (Å²) in [5.74, 6) is -4.79. The Labute approximate surface area is 193 Å². The fourth-order valence-corrected chi connectivity index (χ4v) is 4.70. The summed E-state index contributed by atoms with van der Waals surface area (Å²) in [4.78, 5) is 28.2. The highest BCUT2D eigenvalue weighted by molar-refractivity contribution is 7.92. The number of hydrogen-bond donors (Lipinski definition) is 1. The maximum atomic E-state index is 13.4. The number of sulfone groups is 1. The largest absolute Gasteiger partial charge is 0.501 e. The third kappa shape index (κ3) is 5.50. The lowest BCUT2D eigenvalue weighted by Gasteiger charge is -2.19. The maximum Gasteiger partial charge on any atom is 0.501 e. The minimum Gasteiger partial charge on any atom is -0.342 e. The highest BCUT2D eigenvalue weighted by atomic mass is 32.2. The van der Waals surface area contributed by atoms with E-state index in [2.05, 4.69) is 10.3 Å². The summed E-state index contributed by atoms with van der Waals surface area (Å²) in [5, 5.41) is 12.9. The van der Waals surface area contributed by atoms with Crippen LogP contribution in [0.2, 0.25) is 0 Å². The quantitative estimate of drug-likeness (QED) is 0.583. The summed E-state index contributed by atoms with van der Waals surface area (Å²) in [5.41, 5.74) is -5.05. The van der Waals surface area contributed by atoms with E-state index in [1.165, 1.54) is 17.5 Å². The molecule has 0 bridgehead atoms. The molecule has 1 aliphatic heterocycles. The third-order valence-electron chi connectivity index (χ3n) is 4.82.